The molecule has 0 aromatic carbocycles. The fourth-order valence-electron chi connectivity index (χ4n) is 0.738. The number of hydrogen-bond acceptors (Lipinski definition) is 3. The van der Waals surface area contributed by atoms with Gasteiger partial charge in [0.15, 0.2) is 5.75 Å². The molecule has 1 rings (SSSR count). The maximum absolute atomic E-state index is 11.7. The van der Waals surface area contributed by atoms with Crippen molar-refractivity contribution in [3.05, 3.63) is 12.4 Å². The summed E-state index contributed by atoms with van der Waals surface area (Å²) in [7, 11) is -4.40. The van der Waals surface area contributed by atoms with E-state index in [1.807, 2.05) is 0 Å². The highest BCUT2D eigenvalue weighted by atomic mass is 32.2. The van der Waals surface area contributed by atoms with E-state index in [4.69, 9.17) is 0 Å². The molecule has 0 amide bonds. The molecule has 0 unspecified atom stereocenters. The molecule has 0 aliphatic heterocycles. The summed E-state index contributed by atoms with van der Waals surface area (Å²) in [6, 6.07) is 0. The Bertz CT molecular complexity index is 383. The van der Waals surface area contributed by atoms with Gasteiger partial charge in [0, 0.05) is 6.20 Å². The Kier molecular flexibility index (Phi) is 2.69. The van der Waals surface area contributed by atoms with E-state index in [0.717, 1.165) is 12.4 Å². The Morgan fingerprint density at radius 2 is 2.14 bits per heavy atom. The van der Waals surface area contributed by atoms with Crippen molar-refractivity contribution >= 4 is 15.7 Å². The highest BCUT2D eigenvalue weighted by Crippen LogP contribution is 2.18. The van der Waals surface area contributed by atoms with Gasteiger partial charge in [-0.1, -0.05) is 0 Å². The molecule has 1 aromatic rings. The Morgan fingerprint density at radius 3 is 2.57 bits per heavy atom. The van der Waals surface area contributed by atoms with Crippen LogP contribution in [0.2, 0.25) is 0 Å². The molecule has 1 aromatic heterocycles. The number of halogens is 3. The predicted octanol–water partition coefficient (Wildman–Crippen LogP) is 0.714. The van der Waals surface area contributed by atoms with Crippen molar-refractivity contribution in [2.24, 2.45) is 0 Å². The van der Waals surface area contributed by atoms with Crippen LogP contribution in [0.25, 0.3) is 0 Å². The topological polar surface area (TPSA) is 74.8 Å². The average Bonchev–Trinajstić information content (AvgIpc) is 2.31. The van der Waals surface area contributed by atoms with Crippen molar-refractivity contribution in [2.45, 2.75) is 6.18 Å². The first kappa shape index (κ1) is 10.8. The van der Waals surface area contributed by atoms with E-state index in [1.165, 1.54) is 0 Å². The van der Waals surface area contributed by atoms with E-state index in [9.17, 15) is 21.6 Å². The van der Waals surface area contributed by atoms with Gasteiger partial charge >= 0.3 is 6.18 Å². The zero-order valence-corrected chi connectivity index (χ0v) is 7.48. The largest absolute Gasteiger partial charge is 0.404 e. The van der Waals surface area contributed by atoms with Crippen LogP contribution in [0.15, 0.2) is 12.4 Å². The molecule has 0 aliphatic carbocycles. The van der Waals surface area contributed by atoms with E-state index < -0.39 is 22.0 Å². The molecule has 0 radical (unpaired) electrons. The summed E-state index contributed by atoms with van der Waals surface area (Å²) in [5.74, 6) is -1.91. The number of aromatic amines is 1. The number of sulfonamides is 1. The maximum Gasteiger partial charge on any atom is 0.404 e. The van der Waals surface area contributed by atoms with Gasteiger partial charge in [0.2, 0.25) is 10.0 Å². The highest BCUT2D eigenvalue weighted by Gasteiger charge is 2.35. The summed E-state index contributed by atoms with van der Waals surface area (Å²) in [6.07, 6.45) is -2.56. The van der Waals surface area contributed by atoms with Crippen molar-refractivity contribution in [3.63, 3.8) is 0 Å². The number of hydrogen-bond donors (Lipinski definition) is 2. The molecular weight excluding hydrogens is 223 g/mol. The Morgan fingerprint density at radius 1 is 1.50 bits per heavy atom. The van der Waals surface area contributed by atoms with E-state index in [-0.39, 0.29) is 5.69 Å². The first-order chi connectivity index (χ1) is 6.29. The van der Waals surface area contributed by atoms with Crippen LogP contribution in [0.5, 0.6) is 0 Å². The molecule has 5 nitrogen and oxygen atoms in total. The Hall–Kier alpha value is -1.25. The van der Waals surface area contributed by atoms with Gasteiger partial charge in [-0.25, -0.2) is 8.42 Å². The van der Waals surface area contributed by atoms with Gasteiger partial charge in [-0.3, -0.25) is 9.82 Å². The number of rotatable bonds is 3. The number of alkyl halides is 3. The van der Waals surface area contributed by atoms with Gasteiger partial charge < -0.3 is 0 Å². The third-order valence-corrected chi connectivity index (χ3v) is 2.38. The van der Waals surface area contributed by atoms with E-state index in [2.05, 4.69) is 10.2 Å². The SMILES string of the molecule is O=S(=O)(CC(F)(F)F)Nc1cn[nH]c1. The normalized spacial score (nSPS) is 12.8. The molecule has 0 atom stereocenters. The minimum atomic E-state index is -4.75. The van der Waals surface area contributed by atoms with Gasteiger partial charge in [-0.2, -0.15) is 18.3 Å². The third-order valence-electron chi connectivity index (χ3n) is 1.13. The number of aromatic nitrogens is 2. The summed E-state index contributed by atoms with van der Waals surface area (Å²) < 4.78 is 58.6. The lowest BCUT2D eigenvalue weighted by molar-refractivity contribution is -0.106. The summed E-state index contributed by atoms with van der Waals surface area (Å²) in [4.78, 5) is 0. The van der Waals surface area contributed by atoms with Crippen molar-refractivity contribution in [2.75, 3.05) is 10.5 Å². The predicted molar refractivity (Wildman–Crippen MR) is 42.1 cm³/mol. The smallest absolute Gasteiger partial charge is 0.284 e. The monoisotopic (exact) mass is 229 g/mol. The second-order valence-electron chi connectivity index (χ2n) is 2.46. The molecule has 2 N–H and O–H groups in total. The van der Waals surface area contributed by atoms with Crippen LogP contribution in [0.1, 0.15) is 0 Å². The first-order valence-electron chi connectivity index (χ1n) is 3.34. The van der Waals surface area contributed by atoms with Crippen molar-refractivity contribution in [1.29, 1.82) is 0 Å². The van der Waals surface area contributed by atoms with Crippen LogP contribution in [-0.2, 0) is 10.0 Å². The molecule has 0 saturated carbocycles. The lowest BCUT2D eigenvalue weighted by Crippen LogP contribution is -2.27. The second kappa shape index (κ2) is 3.48. The van der Waals surface area contributed by atoms with Crippen LogP contribution in [0.3, 0.4) is 0 Å². The van der Waals surface area contributed by atoms with Crippen LogP contribution in [0, 0.1) is 0 Å². The minimum Gasteiger partial charge on any atom is -0.284 e. The quantitative estimate of drug-likeness (QED) is 0.801. The molecule has 0 fully saturated rings. The molecule has 0 spiro atoms. The molecule has 0 saturated heterocycles. The van der Waals surface area contributed by atoms with E-state index in [1.54, 1.807) is 4.72 Å². The van der Waals surface area contributed by atoms with Crippen LogP contribution < -0.4 is 4.72 Å². The first-order valence-corrected chi connectivity index (χ1v) is 5.00. The molecule has 0 bridgehead atoms. The Labute approximate surface area is 77.4 Å². The maximum atomic E-state index is 11.7. The third kappa shape index (κ3) is 3.64. The fourth-order valence-corrected chi connectivity index (χ4v) is 1.71. The molecule has 0 aliphatic rings. The molecule has 1 heterocycles. The number of nitrogens with zero attached hydrogens (tertiary/aromatic N) is 1. The van der Waals surface area contributed by atoms with Crippen molar-refractivity contribution < 1.29 is 21.6 Å². The molecule has 80 valence electrons. The van der Waals surface area contributed by atoms with Gasteiger partial charge in [0.1, 0.15) is 0 Å². The Balaban J connectivity index is 2.69. The number of H-pyrrole nitrogens is 1. The molecular formula is C5H6F3N3O2S. The average molecular weight is 229 g/mol. The van der Waals surface area contributed by atoms with E-state index in [0.29, 0.717) is 0 Å². The number of anilines is 1. The van der Waals surface area contributed by atoms with Crippen molar-refractivity contribution in [3.8, 4) is 0 Å². The zero-order valence-electron chi connectivity index (χ0n) is 6.67. The van der Waals surface area contributed by atoms with Crippen molar-refractivity contribution in [1.82, 2.24) is 10.2 Å². The summed E-state index contributed by atoms with van der Waals surface area (Å²) in [6.45, 7) is 0. The minimum absolute atomic E-state index is 0.0331. The molecule has 14 heavy (non-hydrogen) atoms. The number of nitrogens with one attached hydrogen (secondary N) is 2. The lowest BCUT2D eigenvalue weighted by Gasteiger charge is -2.07. The van der Waals surface area contributed by atoms with Crippen LogP contribution in [-0.4, -0.2) is 30.5 Å². The zero-order chi connectivity index (χ0) is 10.8. The second-order valence-corrected chi connectivity index (χ2v) is 4.19. The van der Waals surface area contributed by atoms with Gasteiger partial charge in [0.05, 0.1) is 11.9 Å². The molecule has 9 heteroatoms. The van der Waals surface area contributed by atoms with E-state index >= 15 is 0 Å². The van der Waals surface area contributed by atoms with Gasteiger partial charge in [-0.05, 0) is 0 Å². The van der Waals surface area contributed by atoms with Gasteiger partial charge in [0.25, 0.3) is 0 Å². The fraction of sp³-hybridized carbons (Fsp3) is 0.400. The van der Waals surface area contributed by atoms with Crippen LogP contribution in [0.4, 0.5) is 18.9 Å². The van der Waals surface area contributed by atoms with Gasteiger partial charge in [-0.15, -0.1) is 0 Å². The summed E-state index contributed by atoms with van der Waals surface area (Å²) in [5, 5.41) is 5.63. The summed E-state index contributed by atoms with van der Waals surface area (Å²) >= 11 is 0. The standard InChI is InChI=1S/C5H6F3N3O2S/c6-5(7,8)3-14(12,13)11-4-1-9-10-2-4/h1-2,11H,3H2,(H,9,10). The highest BCUT2D eigenvalue weighted by molar-refractivity contribution is 7.92. The summed E-state index contributed by atoms with van der Waals surface area (Å²) in [5.41, 5.74) is -0.0331. The van der Waals surface area contributed by atoms with Crippen LogP contribution >= 0.6 is 0 Å². The lowest BCUT2D eigenvalue weighted by atomic mass is 10.6.